The molecule has 0 rings (SSSR count). The third-order valence-corrected chi connectivity index (χ3v) is 0.183. The fraction of sp³-hybridized carbons (Fsp3) is 0. The van der Waals surface area contributed by atoms with E-state index in [0.717, 1.165) is 0 Å². The first-order chi connectivity index (χ1) is 4.06. The van der Waals surface area contributed by atoms with Gasteiger partial charge in [-0.05, 0) is 0 Å². The Morgan fingerprint density at radius 2 is 1.08 bits per heavy atom. The smallest absolute Gasteiger partial charge is 1.00 e. The van der Waals surface area contributed by atoms with Gasteiger partial charge >= 0.3 is 33.0 Å². The van der Waals surface area contributed by atoms with Crippen LogP contribution in [-0.2, 0) is 30.7 Å². The zero-order valence-electron chi connectivity index (χ0n) is 6.12. The summed E-state index contributed by atoms with van der Waals surface area (Å²) in [6, 6.07) is 0. The van der Waals surface area contributed by atoms with Crippen molar-refractivity contribution in [3.05, 3.63) is 4.91 Å². The summed E-state index contributed by atoms with van der Waals surface area (Å²) in [5.74, 6) is -3.65. The van der Waals surface area contributed by atoms with E-state index in [0.29, 0.717) is 0 Å². The van der Waals surface area contributed by atoms with E-state index in [-0.39, 0.29) is 45.8 Å². The number of carboxylic acids is 2. The van der Waals surface area contributed by atoms with Gasteiger partial charge in [0.1, 0.15) is 0 Å². The second-order valence-corrected chi connectivity index (χ2v) is 0.692. The maximum atomic E-state index is 9.10. The van der Waals surface area contributed by atoms with Crippen LogP contribution >= 0.6 is 0 Å². The Balaban J connectivity index is -0.0000000160. The van der Waals surface area contributed by atoms with E-state index in [4.69, 9.17) is 29.9 Å². The van der Waals surface area contributed by atoms with E-state index < -0.39 is 11.9 Å². The molecule has 0 bridgehead atoms. The monoisotopic (exact) mass is 401 g/mol. The van der Waals surface area contributed by atoms with E-state index in [1.54, 1.807) is 0 Å². The molecule has 0 spiro atoms. The molecule has 0 aromatic heterocycles. The third-order valence-electron chi connectivity index (χ3n) is 0.183. The zero-order chi connectivity index (χ0) is 7.86. The molecule has 0 aromatic rings. The fourth-order valence-electron chi connectivity index (χ4n) is 0. The summed E-state index contributed by atoms with van der Waals surface area (Å²) in [6.07, 6.45) is 0. The van der Waals surface area contributed by atoms with Crippen molar-refractivity contribution in [1.29, 1.82) is 0 Å². The Morgan fingerprint density at radius 1 is 1.00 bits per heavy atom. The van der Waals surface area contributed by atoms with Crippen molar-refractivity contribution < 1.29 is 58.5 Å². The van der Waals surface area contributed by atoms with E-state index in [1.807, 2.05) is 0 Å². The molecule has 0 atom stereocenters. The van der Waals surface area contributed by atoms with E-state index in [2.05, 4.69) is 0 Å². The van der Waals surface area contributed by atoms with E-state index >= 15 is 0 Å². The maximum Gasteiger partial charge on any atom is 4.00 e. The average Bonchev–Trinajstić information content (AvgIpc) is 1.68. The molecule has 13 heavy (non-hydrogen) atoms. The van der Waals surface area contributed by atoms with Gasteiger partial charge in [-0.25, -0.2) is 9.59 Å². The Bertz CT molecular complexity index is 121. The topological polar surface area (TPSA) is 194 Å². The largest absolute Gasteiger partial charge is 4.00 e. The van der Waals surface area contributed by atoms with Crippen LogP contribution in [0.1, 0.15) is 0 Å². The molecule has 0 aromatic carbocycles. The minimum absolute atomic E-state index is 0. The first kappa shape index (κ1) is 39.7. The molecule has 0 amide bonds. The second-order valence-electron chi connectivity index (χ2n) is 0.692. The van der Waals surface area contributed by atoms with Crippen molar-refractivity contribution >= 4 is 11.9 Å². The molecule has 0 radical (unpaired) electrons. The van der Waals surface area contributed by atoms with E-state index in [1.165, 1.54) is 5.34 Å². The molecular formula is C2H9ClN3O6Pt+3. The van der Waals surface area contributed by atoms with Crippen LogP contribution in [0.15, 0.2) is 5.34 Å². The standard InChI is InChI=1S/C2H2O4.ClH.HNO2.2H3N.Pt/c3-1(4)2(5)6;;2-1-3;;;/h(H,3,4)(H,5,6);1H;(H,2,3);2*1H3;/q;;;;;+4/p-1. The first-order valence-corrected chi connectivity index (χ1v) is 1.49. The number of aliphatic carboxylic acids is 2. The molecule has 0 unspecified atom stereocenters. The summed E-state index contributed by atoms with van der Waals surface area (Å²) in [4.78, 5) is 26.3. The summed E-state index contributed by atoms with van der Waals surface area (Å²) in [5.41, 5.74) is 0. The SMILES string of the molecule is N.N.O=C(O)C(=O)O.O=NO.[Cl-].[Pt+4]. The minimum atomic E-state index is -1.82. The van der Waals surface area contributed by atoms with Crippen LogP contribution in [0.2, 0.25) is 0 Å². The van der Waals surface area contributed by atoms with Crippen molar-refractivity contribution in [2.24, 2.45) is 5.34 Å². The minimum Gasteiger partial charge on any atom is -1.00 e. The van der Waals surface area contributed by atoms with Crippen molar-refractivity contribution in [2.75, 3.05) is 0 Å². The quantitative estimate of drug-likeness (QED) is 0.157. The maximum absolute atomic E-state index is 9.10. The van der Waals surface area contributed by atoms with Crippen LogP contribution in [0.25, 0.3) is 0 Å². The van der Waals surface area contributed by atoms with Gasteiger partial charge in [0, 0.05) is 0 Å². The summed E-state index contributed by atoms with van der Waals surface area (Å²) in [6.45, 7) is 0. The van der Waals surface area contributed by atoms with Crippen LogP contribution in [0.5, 0.6) is 0 Å². The second kappa shape index (κ2) is 30.3. The Kier molecular flexibility index (Phi) is 92.5. The first-order valence-electron chi connectivity index (χ1n) is 1.49. The molecule has 0 heterocycles. The van der Waals surface area contributed by atoms with Crippen molar-refractivity contribution in [2.45, 2.75) is 0 Å². The van der Waals surface area contributed by atoms with Gasteiger partial charge in [0.05, 0.1) is 0 Å². The molecule has 0 aliphatic carbocycles. The zero-order valence-corrected chi connectivity index (χ0v) is 9.15. The number of carboxylic acid groups (broad SMARTS) is 2. The number of carbonyl (C=O) groups is 2. The molecule has 82 valence electrons. The summed E-state index contributed by atoms with van der Waals surface area (Å²) in [7, 11) is 0. The van der Waals surface area contributed by atoms with Crippen LogP contribution in [-0.4, -0.2) is 27.4 Å². The normalized spacial score (nSPS) is 4.31. The predicted molar refractivity (Wildman–Crippen MR) is 32.9 cm³/mol. The molecule has 0 saturated carbocycles. The predicted octanol–water partition coefficient (Wildman–Crippen LogP) is -3.38. The van der Waals surface area contributed by atoms with Gasteiger partial charge in [0.15, 0.2) is 5.34 Å². The van der Waals surface area contributed by atoms with Gasteiger partial charge in [-0.3, -0.25) is 0 Å². The average molecular weight is 402 g/mol. The van der Waals surface area contributed by atoms with Crippen LogP contribution in [0.3, 0.4) is 0 Å². The van der Waals surface area contributed by atoms with Crippen LogP contribution in [0, 0.1) is 4.91 Å². The summed E-state index contributed by atoms with van der Waals surface area (Å²) < 4.78 is 0. The van der Waals surface area contributed by atoms with Gasteiger partial charge in [-0.1, -0.05) is 0 Å². The van der Waals surface area contributed by atoms with Gasteiger partial charge in [-0.15, -0.1) is 4.91 Å². The number of hydrogen-bond acceptors (Lipinski definition) is 6. The Morgan fingerprint density at radius 3 is 1.08 bits per heavy atom. The van der Waals surface area contributed by atoms with Crippen molar-refractivity contribution in [1.82, 2.24) is 12.3 Å². The fourth-order valence-corrected chi connectivity index (χ4v) is 0. The van der Waals surface area contributed by atoms with Crippen LogP contribution < -0.4 is 24.7 Å². The molecule has 9 N–H and O–H groups in total. The molecular weight excluding hydrogens is 393 g/mol. The van der Waals surface area contributed by atoms with Crippen LogP contribution in [0.4, 0.5) is 0 Å². The number of nitrogens with zero attached hydrogens (tertiary/aromatic N) is 1. The molecule has 9 nitrogen and oxygen atoms in total. The summed E-state index contributed by atoms with van der Waals surface area (Å²) in [5, 5.41) is 22.7. The molecule has 0 aliphatic rings. The number of hydrogen-bond donors (Lipinski definition) is 5. The third kappa shape index (κ3) is 91.5. The van der Waals surface area contributed by atoms with Crippen molar-refractivity contribution in [3.8, 4) is 0 Å². The van der Waals surface area contributed by atoms with Crippen molar-refractivity contribution in [3.63, 3.8) is 0 Å². The van der Waals surface area contributed by atoms with Gasteiger partial charge < -0.3 is 40.1 Å². The molecule has 0 aliphatic heterocycles. The van der Waals surface area contributed by atoms with Gasteiger partial charge in [0.25, 0.3) is 0 Å². The number of rotatable bonds is 0. The van der Waals surface area contributed by atoms with E-state index in [9.17, 15) is 0 Å². The number of halogens is 1. The van der Waals surface area contributed by atoms with Gasteiger partial charge in [0.2, 0.25) is 0 Å². The molecule has 0 saturated heterocycles. The molecule has 0 fully saturated rings. The Labute approximate surface area is 93.3 Å². The molecule has 11 heteroatoms. The Hall–Kier alpha value is -0.762. The summed E-state index contributed by atoms with van der Waals surface area (Å²) >= 11 is 0. The van der Waals surface area contributed by atoms with Gasteiger partial charge in [-0.2, -0.15) is 0 Å².